The summed E-state index contributed by atoms with van der Waals surface area (Å²) in [6, 6.07) is 8.67. The first kappa shape index (κ1) is 11.3. The SMILES string of the molecule is Cc1cccc(NC(=O)c2ccc(CN)o2)n1. The number of aryl methyl sites for hydroxylation is 1. The zero-order chi connectivity index (χ0) is 12.3. The summed E-state index contributed by atoms with van der Waals surface area (Å²) in [6.07, 6.45) is 0. The van der Waals surface area contributed by atoms with E-state index in [-0.39, 0.29) is 18.2 Å². The lowest BCUT2D eigenvalue weighted by Crippen LogP contribution is -2.12. The predicted octanol–water partition coefficient (Wildman–Crippen LogP) is 1.69. The molecule has 2 aromatic heterocycles. The minimum absolute atomic E-state index is 0.230. The van der Waals surface area contributed by atoms with Crippen molar-refractivity contribution in [3.63, 3.8) is 0 Å². The van der Waals surface area contributed by atoms with E-state index in [4.69, 9.17) is 10.2 Å². The van der Waals surface area contributed by atoms with Crippen LogP contribution in [0.5, 0.6) is 0 Å². The number of furan rings is 1. The molecule has 0 saturated carbocycles. The summed E-state index contributed by atoms with van der Waals surface area (Å²) >= 11 is 0. The standard InChI is InChI=1S/C12H13N3O2/c1-8-3-2-4-11(14-8)15-12(16)10-6-5-9(7-13)17-10/h2-6H,7,13H2,1H3,(H,14,15,16). The van der Waals surface area contributed by atoms with E-state index in [9.17, 15) is 4.79 Å². The van der Waals surface area contributed by atoms with Crippen LogP contribution in [0.4, 0.5) is 5.82 Å². The molecule has 88 valence electrons. The van der Waals surface area contributed by atoms with E-state index in [2.05, 4.69) is 10.3 Å². The molecule has 0 spiro atoms. The molecule has 0 unspecified atom stereocenters. The number of hydrogen-bond acceptors (Lipinski definition) is 4. The fourth-order valence-corrected chi connectivity index (χ4v) is 1.40. The monoisotopic (exact) mass is 231 g/mol. The number of nitrogens with zero attached hydrogens (tertiary/aromatic N) is 1. The molecule has 1 amide bonds. The number of hydrogen-bond donors (Lipinski definition) is 2. The third-order valence-electron chi connectivity index (χ3n) is 2.22. The molecular weight excluding hydrogens is 218 g/mol. The Kier molecular flexibility index (Phi) is 3.20. The summed E-state index contributed by atoms with van der Waals surface area (Å²) in [6.45, 7) is 2.13. The van der Waals surface area contributed by atoms with Crippen molar-refractivity contribution in [3.05, 3.63) is 47.5 Å². The van der Waals surface area contributed by atoms with Crippen molar-refractivity contribution in [1.29, 1.82) is 0 Å². The zero-order valence-corrected chi connectivity index (χ0v) is 9.43. The predicted molar refractivity (Wildman–Crippen MR) is 63.5 cm³/mol. The topological polar surface area (TPSA) is 81.2 Å². The van der Waals surface area contributed by atoms with Crippen LogP contribution in [0.25, 0.3) is 0 Å². The van der Waals surface area contributed by atoms with Gasteiger partial charge in [-0.25, -0.2) is 4.98 Å². The molecule has 0 bridgehead atoms. The van der Waals surface area contributed by atoms with E-state index in [1.807, 2.05) is 19.1 Å². The average molecular weight is 231 g/mol. The van der Waals surface area contributed by atoms with Crippen molar-refractivity contribution in [2.45, 2.75) is 13.5 Å². The maximum Gasteiger partial charge on any atom is 0.292 e. The minimum Gasteiger partial charge on any atom is -0.455 e. The molecule has 3 N–H and O–H groups in total. The quantitative estimate of drug-likeness (QED) is 0.842. The van der Waals surface area contributed by atoms with Gasteiger partial charge >= 0.3 is 0 Å². The van der Waals surface area contributed by atoms with Crippen molar-refractivity contribution in [2.75, 3.05) is 5.32 Å². The summed E-state index contributed by atoms with van der Waals surface area (Å²) in [5, 5.41) is 2.65. The van der Waals surface area contributed by atoms with Gasteiger partial charge in [-0.15, -0.1) is 0 Å². The van der Waals surface area contributed by atoms with E-state index in [0.717, 1.165) is 5.69 Å². The second kappa shape index (κ2) is 4.80. The van der Waals surface area contributed by atoms with Crippen molar-refractivity contribution in [3.8, 4) is 0 Å². The van der Waals surface area contributed by atoms with Crippen LogP contribution in [0.2, 0.25) is 0 Å². The van der Waals surface area contributed by atoms with E-state index >= 15 is 0 Å². The third-order valence-corrected chi connectivity index (χ3v) is 2.22. The number of anilines is 1. The van der Waals surface area contributed by atoms with Crippen LogP contribution >= 0.6 is 0 Å². The molecule has 0 aliphatic heterocycles. The highest BCUT2D eigenvalue weighted by atomic mass is 16.4. The molecule has 5 nitrogen and oxygen atoms in total. The highest BCUT2D eigenvalue weighted by Gasteiger charge is 2.11. The van der Waals surface area contributed by atoms with Gasteiger partial charge in [0.25, 0.3) is 5.91 Å². The van der Waals surface area contributed by atoms with Gasteiger partial charge in [0, 0.05) is 5.69 Å². The van der Waals surface area contributed by atoms with Gasteiger partial charge in [-0.1, -0.05) is 6.07 Å². The molecule has 0 aliphatic rings. The van der Waals surface area contributed by atoms with E-state index in [1.54, 1.807) is 18.2 Å². The van der Waals surface area contributed by atoms with Crippen molar-refractivity contribution < 1.29 is 9.21 Å². The Labute approximate surface area is 98.6 Å². The lowest BCUT2D eigenvalue weighted by atomic mass is 10.3. The molecule has 2 heterocycles. The van der Waals surface area contributed by atoms with Gasteiger partial charge in [-0.3, -0.25) is 4.79 Å². The Balaban J connectivity index is 2.11. The number of nitrogens with two attached hydrogens (primary N) is 1. The van der Waals surface area contributed by atoms with Crippen molar-refractivity contribution in [1.82, 2.24) is 4.98 Å². The van der Waals surface area contributed by atoms with Gasteiger partial charge in [0.05, 0.1) is 6.54 Å². The third kappa shape index (κ3) is 2.70. The van der Waals surface area contributed by atoms with Crippen LogP contribution in [0.15, 0.2) is 34.7 Å². The molecule has 0 saturated heterocycles. The molecule has 0 aromatic carbocycles. The number of aromatic nitrogens is 1. The Bertz CT molecular complexity index is 534. The zero-order valence-electron chi connectivity index (χ0n) is 9.43. The Hall–Kier alpha value is -2.14. The molecule has 2 rings (SSSR count). The second-order valence-electron chi connectivity index (χ2n) is 3.59. The Morgan fingerprint density at radius 2 is 2.24 bits per heavy atom. The van der Waals surface area contributed by atoms with Crippen LogP contribution in [-0.4, -0.2) is 10.9 Å². The van der Waals surface area contributed by atoms with Gasteiger partial charge in [0.1, 0.15) is 11.6 Å². The number of nitrogens with one attached hydrogen (secondary N) is 1. The fraction of sp³-hybridized carbons (Fsp3) is 0.167. The molecule has 0 radical (unpaired) electrons. The molecule has 5 heteroatoms. The Morgan fingerprint density at radius 1 is 1.41 bits per heavy atom. The first-order valence-electron chi connectivity index (χ1n) is 5.23. The number of pyridine rings is 1. The normalized spacial score (nSPS) is 10.2. The lowest BCUT2D eigenvalue weighted by Gasteiger charge is -2.02. The fourth-order valence-electron chi connectivity index (χ4n) is 1.40. The largest absolute Gasteiger partial charge is 0.455 e. The van der Waals surface area contributed by atoms with Crippen molar-refractivity contribution in [2.24, 2.45) is 5.73 Å². The smallest absolute Gasteiger partial charge is 0.292 e. The van der Waals surface area contributed by atoms with Crippen LogP contribution in [0, 0.1) is 6.92 Å². The molecule has 0 atom stereocenters. The van der Waals surface area contributed by atoms with Crippen molar-refractivity contribution >= 4 is 11.7 Å². The minimum atomic E-state index is -0.331. The first-order valence-corrected chi connectivity index (χ1v) is 5.23. The van der Waals surface area contributed by atoms with E-state index in [1.165, 1.54) is 0 Å². The molecule has 0 aliphatic carbocycles. The summed E-state index contributed by atoms with van der Waals surface area (Å²) in [7, 11) is 0. The van der Waals surface area contributed by atoms with Gasteiger partial charge in [-0.2, -0.15) is 0 Å². The summed E-state index contributed by atoms with van der Waals surface area (Å²) in [5.41, 5.74) is 6.24. The second-order valence-corrected chi connectivity index (χ2v) is 3.59. The summed E-state index contributed by atoms with van der Waals surface area (Å²) < 4.78 is 5.23. The van der Waals surface area contributed by atoms with E-state index < -0.39 is 0 Å². The van der Waals surface area contributed by atoms with Crippen LogP contribution < -0.4 is 11.1 Å². The average Bonchev–Trinajstić information content (AvgIpc) is 2.77. The maximum atomic E-state index is 11.8. The van der Waals surface area contributed by atoms with Gasteiger partial charge in [0.2, 0.25) is 0 Å². The molecule has 0 fully saturated rings. The highest BCUT2D eigenvalue weighted by Crippen LogP contribution is 2.10. The summed E-state index contributed by atoms with van der Waals surface area (Å²) in [4.78, 5) is 15.9. The maximum absolute atomic E-state index is 11.8. The van der Waals surface area contributed by atoms with Crippen LogP contribution in [0.1, 0.15) is 22.0 Å². The number of amides is 1. The summed E-state index contributed by atoms with van der Waals surface area (Å²) in [5.74, 6) is 0.976. The van der Waals surface area contributed by atoms with Gasteiger partial charge in [0.15, 0.2) is 5.76 Å². The molecular formula is C12H13N3O2. The van der Waals surface area contributed by atoms with E-state index in [0.29, 0.717) is 11.6 Å². The first-order chi connectivity index (χ1) is 8.19. The number of carbonyl (C=O) groups excluding carboxylic acids is 1. The van der Waals surface area contributed by atoms with Crippen LogP contribution in [0.3, 0.4) is 0 Å². The van der Waals surface area contributed by atoms with Crippen LogP contribution in [-0.2, 0) is 6.54 Å². The Morgan fingerprint density at radius 3 is 2.88 bits per heavy atom. The lowest BCUT2D eigenvalue weighted by molar-refractivity contribution is 0.0994. The molecule has 17 heavy (non-hydrogen) atoms. The number of rotatable bonds is 3. The highest BCUT2D eigenvalue weighted by molar-refractivity contribution is 6.01. The van der Waals surface area contributed by atoms with Gasteiger partial charge < -0.3 is 15.5 Å². The number of carbonyl (C=O) groups is 1. The van der Waals surface area contributed by atoms with Gasteiger partial charge in [-0.05, 0) is 31.2 Å². The molecule has 2 aromatic rings.